The molecule has 1 rings (SSSR count). The first-order valence-corrected chi connectivity index (χ1v) is 9.85. The smallest absolute Gasteiger partial charge is 0.291 e. The summed E-state index contributed by atoms with van der Waals surface area (Å²) in [6, 6.07) is 6.16. The minimum atomic E-state index is -3.61. The molecule has 0 radical (unpaired) electrons. The fourth-order valence-electron chi connectivity index (χ4n) is 3.17. The Bertz CT molecular complexity index is 683. The first-order valence-electron chi connectivity index (χ1n) is 9.85. The van der Waals surface area contributed by atoms with Crippen molar-refractivity contribution in [3.8, 4) is 0 Å². The molecule has 0 fully saturated rings. The van der Waals surface area contributed by atoms with E-state index in [-0.39, 0.29) is 37.5 Å². The Morgan fingerprint density at radius 2 is 1.93 bits per heavy atom. The largest absolute Gasteiger partial charge is 0.385 e. The monoisotopic (exact) mass is 413 g/mol. The molecule has 0 saturated heterocycles. The lowest BCUT2D eigenvalue weighted by Crippen LogP contribution is -2.54. The highest BCUT2D eigenvalue weighted by Gasteiger charge is 2.42. The second-order valence-corrected chi connectivity index (χ2v) is 7.98. The third-order valence-electron chi connectivity index (χ3n) is 4.70. The van der Waals surface area contributed by atoms with Crippen LogP contribution in [-0.4, -0.2) is 48.0 Å². The van der Waals surface area contributed by atoms with Gasteiger partial charge in [-0.2, -0.15) is 0 Å². The zero-order valence-electron chi connectivity index (χ0n) is 17.3. The number of rotatable bonds is 12. The lowest BCUT2D eigenvalue weighted by Gasteiger charge is -2.29. The van der Waals surface area contributed by atoms with E-state index in [1.54, 1.807) is 12.1 Å². The number of hydrogen-bond donors (Lipinski definition) is 4. The lowest BCUT2D eigenvalue weighted by atomic mass is 9.93. The number of aliphatic hydroxyl groups excluding tert-OH is 1. The van der Waals surface area contributed by atoms with Gasteiger partial charge in [-0.3, -0.25) is 9.59 Å². The molecular formula is C21H33F2N3O3. The number of benzene rings is 1. The summed E-state index contributed by atoms with van der Waals surface area (Å²) < 4.78 is 28.5. The van der Waals surface area contributed by atoms with Crippen molar-refractivity contribution < 1.29 is 23.5 Å². The molecule has 0 aromatic heterocycles. The van der Waals surface area contributed by atoms with E-state index in [4.69, 9.17) is 11.5 Å². The van der Waals surface area contributed by atoms with Gasteiger partial charge in [0, 0.05) is 12.5 Å². The van der Waals surface area contributed by atoms with Gasteiger partial charge in [0.1, 0.15) is 11.9 Å². The maximum absolute atomic E-state index is 14.3. The average molecular weight is 414 g/mol. The predicted octanol–water partition coefficient (Wildman–Crippen LogP) is 1.56. The van der Waals surface area contributed by atoms with Crippen molar-refractivity contribution in [3.63, 3.8) is 0 Å². The Morgan fingerprint density at radius 1 is 1.28 bits per heavy atom. The number of aryl methyl sites for hydroxylation is 1. The van der Waals surface area contributed by atoms with Crippen molar-refractivity contribution >= 4 is 11.7 Å². The summed E-state index contributed by atoms with van der Waals surface area (Å²) in [5.41, 5.74) is 12.9. The summed E-state index contributed by atoms with van der Waals surface area (Å²) >= 11 is 0. The van der Waals surface area contributed by atoms with Crippen molar-refractivity contribution in [2.45, 2.75) is 58.1 Å². The first-order chi connectivity index (χ1) is 13.5. The van der Waals surface area contributed by atoms with E-state index in [0.717, 1.165) is 11.1 Å². The predicted molar refractivity (Wildman–Crippen MR) is 108 cm³/mol. The van der Waals surface area contributed by atoms with Crippen molar-refractivity contribution in [2.24, 2.45) is 23.3 Å². The van der Waals surface area contributed by atoms with Crippen molar-refractivity contribution in [1.29, 1.82) is 0 Å². The quantitative estimate of drug-likeness (QED) is 0.388. The molecule has 1 aromatic carbocycles. The van der Waals surface area contributed by atoms with Gasteiger partial charge in [-0.15, -0.1) is 0 Å². The second-order valence-electron chi connectivity index (χ2n) is 7.98. The third kappa shape index (κ3) is 8.16. The van der Waals surface area contributed by atoms with Gasteiger partial charge in [-0.1, -0.05) is 43.7 Å². The second kappa shape index (κ2) is 11.3. The molecule has 29 heavy (non-hydrogen) atoms. The maximum atomic E-state index is 14.3. The molecule has 0 bridgehead atoms. The fourth-order valence-corrected chi connectivity index (χ4v) is 3.17. The maximum Gasteiger partial charge on any atom is 0.291 e. The summed E-state index contributed by atoms with van der Waals surface area (Å²) in [5.74, 6) is -5.91. The molecule has 0 spiro atoms. The number of nitrogens with one attached hydrogen (secondary N) is 1. The average Bonchev–Trinajstić information content (AvgIpc) is 2.62. The van der Waals surface area contributed by atoms with Crippen LogP contribution in [0.3, 0.4) is 0 Å². The normalized spacial score (nSPS) is 15.1. The molecule has 2 unspecified atom stereocenters. The summed E-state index contributed by atoms with van der Waals surface area (Å²) in [6.07, 6.45) is -1.81. The SMILES string of the molecule is Cc1cccc(CC(=O)[C@@H](CCN)C(=O)NCC(F)(F)C(O)C(N)CC(C)C)c1. The summed E-state index contributed by atoms with van der Waals surface area (Å²) in [7, 11) is 0. The number of halogens is 2. The van der Waals surface area contributed by atoms with Crippen LogP contribution < -0.4 is 16.8 Å². The summed E-state index contributed by atoms with van der Waals surface area (Å²) in [4.78, 5) is 25.0. The molecule has 0 saturated carbocycles. The van der Waals surface area contributed by atoms with Gasteiger partial charge in [-0.05, 0) is 37.8 Å². The van der Waals surface area contributed by atoms with Crippen LogP contribution in [0.15, 0.2) is 24.3 Å². The van der Waals surface area contributed by atoms with E-state index in [1.807, 2.05) is 32.9 Å². The molecule has 0 aliphatic carbocycles. The van der Waals surface area contributed by atoms with E-state index in [1.165, 1.54) is 0 Å². The molecule has 6 nitrogen and oxygen atoms in total. The van der Waals surface area contributed by atoms with Gasteiger partial charge >= 0.3 is 0 Å². The van der Waals surface area contributed by atoms with E-state index >= 15 is 0 Å². The highest BCUT2D eigenvalue weighted by molar-refractivity contribution is 6.02. The number of carbonyl (C=O) groups is 2. The topological polar surface area (TPSA) is 118 Å². The van der Waals surface area contributed by atoms with Gasteiger partial charge in [0.2, 0.25) is 5.91 Å². The highest BCUT2D eigenvalue weighted by Crippen LogP contribution is 2.23. The van der Waals surface area contributed by atoms with Crippen LogP contribution in [0.5, 0.6) is 0 Å². The molecule has 6 N–H and O–H groups in total. The van der Waals surface area contributed by atoms with Gasteiger partial charge in [0.25, 0.3) is 5.92 Å². The minimum Gasteiger partial charge on any atom is -0.385 e. The fraction of sp³-hybridized carbons (Fsp3) is 0.619. The number of hydrogen-bond acceptors (Lipinski definition) is 5. The van der Waals surface area contributed by atoms with Crippen molar-refractivity contribution in [3.05, 3.63) is 35.4 Å². The Morgan fingerprint density at radius 3 is 2.48 bits per heavy atom. The zero-order valence-corrected chi connectivity index (χ0v) is 17.3. The number of nitrogens with two attached hydrogens (primary N) is 2. The Labute approximate surface area is 171 Å². The zero-order chi connectivity index (χ0) is 22.2. The number of alkyl halides is 2. The van der Waals surface area contributed by atoms with Crippen LogP contribution >= 0.6 is 0 Å². The molecule has 0 aliphatic heterocycles. The molecule has 8 heteroatoms. The van der Waals surface area contributed by atoms with E-state index < -0.39 is 36.4 Å². The van der Waals surface area contributed by atoms with Gasteiger partial charge in [0.15, 0.2) is 0 Å². The molecule has 0 aliphatic rings. The standard InChI is InChI=1S/C21H33F2N3O3/c1-13(2)9-17(25)19(28)21(22,23)12-26-20(29)16(7-8-24)18(27)11-15-6-4-5-14(3)10-15/h4-6,10,13,16-17,19,28H,7-9,11-12,24-25H2,1-3H3,(H,26,29)/t16-,17?,19?/m1/s1. The number of Topliss-reactive ketones (excluding diaryl/α,β-unsaturated/α-hetero) is 1. The molecule has 0 heterocycles. The van der Waals surface area contributed by atoms with Crippen molar-refractivity contribution in [2.75, 3.05) is 13.1 Å². The van der Waals surface area contributed by atoms with E-state index in [9.17, 15) is 23.5 Å². The van der Waals surface area contributed by atoms with Crippen LogP contribution in [0, 0.1) is 18.8 Å². The third-order valence-corrected chi connectivity index (χ3v) is 4.70. The molecule has 3 atom stereocenters. The van der Waals surface area contributed by atoms with Crippen molar-refractivity contribution in [1.82, 2.24) is 5.32 Å². The van der Waals surface area contributed by atoms with Crippen LogP contribution in [0.4, 0.5) is 8.78 Å². The van der Waals surface area contributed by atoms with Gasteiger partial charge < -0.3 is 21.9 Å². The van der Waals surface area contributed by atoms with Gasteiger partial charge in [-0.25, -0.2) is 8.78 Å². The number of carbonyl (C=O) groups excluding carboxylic acids is 2. The van der Waals surface area contributed by atoms with Crippen LogP contribution in [0.1, 0.15) is 37.8 Å². The first kappa shape index (κ1) is 25.1. The number of aliphatic hydroxyl groups is 1. The van der Waals surface area contributed by atoms with E-state index in [0.29, 0.717) is 0 Å². The van der Waals surface area contributed by atoms with E-state index in [2.05, 4.69) is 5.32 Å². The minimum absolute atomic E-state index is 0.0120. The number of amides is 1. The molecule has 164 valence electrons. The summed E-state index contributed by atoms with van der Waals surface area (Å²) in [6.45, 7) is 4.47. The Kier molecular flexibility index (Phi) is 9.82. The molecule has 1 aromatic rings. The summed E-state index contributed by atoms with van der Waals surface area (Å²) in [5, 5.41) is 12.0. The van der Waals surface area contributed by atoms with Crippen LogP contribution in [-0.2, 0) is 16.0 Å². The van der Waals surface area contributed by atoms with Crippen LogP contribution in [0.2, 0.25) is 0 Å². The van der Waals surface area contributed by atoms with Crippen LogP contribution in [0.25, 0.3) is 0 Å². The molecule has 1 amide bonds. The number of ketones is 1. The highest BCUT2D eigenvalue weighted by atomic mass is 19.3. The molecular weight excluding hydrogens is 380 g/mol. The van der Waals surface area contributed by atoms with Gasteiger partial charge in [0.05, 0.1) is 12.5 Å². The lowest BCUT2D eigenvalue weighted by molar-refractivity contribution is -0.140. The Hall–Kier alpha value is -1.90. The Balaban J connectivity index is 2.75.